The molecule has 0 saturated carbocycles. The van der Waals surface area contributed by atoms with Gasteiger partial charge in [0.2, 0.25) is 0 Å². The van der Waals surface area contributed by atoms with Crippen molar-refractivity contribution < 1.29 is 19.1 Å². The minimum Gasteiger partial charge on any atom is -0.455 e. The Morgan fingerprint density at radius 3 is 2.21 bits per heavy atom. The lowest BCUT2D eigenvalue weighted by molar-refractivity contribution is -0.156. The Balaban J connectivity index is 1.48. The predicted molar refractivity (Wildman–Crippen MR) is 107 cm³/mol. The lowest BCUT2D eigenvalue weighted by atomic mass is 9.85. The van der Waals surface area contributed by atoms with Crippen LogP contribution in [-0.4, -0.2) is 60.4 Å². The van der Waals surface area contributed by atoms with Crippen molar-refractivity contribution in [3.8, 4) is 0 Å². The maximum atomic E-state index is 12.5. The normalized spacial score (nSPS) is 14.6. The molecule has 6 nitrogen and oxygen atoms in total. The summed E-state index contributed by atoms with van der Waals surface area (Å²) in [5.41, 5.74) is 0.0149. The molecular weight excluding hydrogens is 376 g/mol. The van der Waals surface area contributed by atoms with Crippen molar-refractivity contribution in [1.82, 2.24) is 9.80 Å². The van der Waals surface area contributed by atoms with Crippen molar-refractivity contribution in [2.75, 3.05) is 32.8 Å². The van der Waals surface area contributed by atoms with E-state index in [1.54, 1.807) is 29.7 Å². The van der Waals surface area contributed by atoms with Crippen LogP contribution in [0.1, 0.15) is 29.1 Å². The molecule has 2 aromatic rings. The third kappa shape index (κ3) is 4.42. The molecular formula is C21H24N2O4S. The van der Waals surface area contributed by atoms with E-state index in [0.29, 0.717) is 31.1 Å². The van der Waals surface area contributed by atoms with E-state index in [0.717, 1.165) is 5.56 Å². The number of rotatable bonds is 5. The first-order chi connectivity index (χ1) is 13.4. The van der Waals surface area contributed by atoms with E-state index in [9.17, 15) is 14.4 Å². The van der Waals surface area contributed by atoms with Crippen molar-refractivity contribution in [3.63, 3.8) is 0 Å². The Kier molecular flexibility index (Phi) is 6.14. The molecule has 0 bridgehead atoms. The molecule has 1 fully saturated rings. The van der Waals surface area contributed by atoms with E-state index in [2.05, 4.69) is 0 Å². The molecule has 2 heterocycles. The number of amides is 2. The van der Waals surface area contributed by atoms with Crippen molar-refractivity contribution in [3.05, 3.63) is 58.3 Å². The topological polar surface area (TPSA) is 66.9 Å². The van der Waals surface area contributed by atoms with Crippen LogP contribution < -0.4 is 0 Å². The van der Waals surface area contributed by atoms with Gasteiger partial charge < -0.3 is 14.5 Å². The average molecular weight is 401 g/mol. The van der Waals surface area contributed by atoms with Gasteiger partial charge in [-0.1, -0.05) is 36.4 Å². The van der Waals surface area contributed by atoms with Gasteiger partial charge in [-0.15, -0.1) is 11.3 Å². The molecule has 148 valence electrons. The fourth-order valence-corrected chi connectivity index (χ4v) is 3.78. The standard InChI is InChI=1S/C21H24N2O4S/c1-21(2,16-7-4-3-5-8-16)20(26)27-15-18(24)22-10-12-23(13-11-22)19(25)17-9-6-14-28-17/h3-9,14H,10-13,15H2,1-2H3. The quantitative estimate of drug-likeness (QED) is 0.724. The number of nitrogens with zero attached hydrogens (tertiary/aromatic N) is 2. The van der Waals surface area contributed by atoms with Gasteiger partial charge in [0, 0.05) is 26.2 Å². The molecule has 0 spiro atoms. The van der Waals surface area contributed by atoms with E-state index in [-0.39, 0.29) is 18.4 Å². The number of hydrogen-bond donors (Lipinski definition) is 0. The summed E-state index contributed by atoms with van der Waals surface area (Å²) in [5, 5.41) is 1.87. The Hall–Kier alpha value is -2.67. The summed E-state index contributed by atoms with van der Waals surface area (Å²) >= 11 is 1.41. The van der Waals surface area contributed by atoms with Crippen LogP contribution in [-0.2, 0) is 19.7 Å². The Bertz CT molecular complexity index is 825. The number of carbonyl (C=O) groups excluding carboxylic acids is 3. The van der Waals surface area contributed by atoms with Gasteiger partial charge in [-0.3, -0.25) is 14.4 Å². The van der Waals surface area contributed by atoms with Crippen molar-refractivity contribution in [2.24, 2.45) is 0 Å². The second-order valence-electron chi connectivity index (χ2n) is 7.22. The molecule has 1 aromatic heterocycles. The highest BCUT2D eigenvalue weighted by atomic mass is 32.1. The van der Waals surface area contributed by atoms with Crippen LogP contribution in [0, 0.1) is 0 Å². The fourth-order valence-electron chi connectivity index (χ4n) is 3.09. The van der Waals surface area contributed by atoms with Crippen molar-refractivity contribution in [2.45, 2.75) is 19.3 Å². The summed E-state index contributed by atoms with van der Waals surface area (Å²) in [6, 6.07) is 13.0. The first kappa shape index (κ1) is 20.1. The monoisotopic (exact) mass is 400 g/mol. The highest BCUT2D eigenvalue weighted by molar-refractivity contribution is 7.12. The molecule has 2 amide bonds. The van der Waals surface area contributed by atoms with Gasteiger partial charge in [0.15, 0.2) is 6.61 Å². The van der Waals surface area contributed by atoms with E-state index in [1.165, 1.54) is 11.3 Å². The lowest BCUT2D eigenvalue weighted by Crippen LogP contribution is -2.51. The third-order valence-corrected chi connectivity index (χ3v) is 5.84. The number of thiophene rings is 1. The number of piperazine rings is 1. The zero-order chi connectivity index (χ0) is 20.1. The molecule has 28 heavy (non-hydrogen) atoms. The fraction of sp³-hybridized carbons (Fsp3) is 0.381. The zero-order valence-corrected chi connectivity index (χ0v) is 16.9. The van der Waals surface area contributed by atoms with Gasteiger partial charge in [-0.25, -0.2) is 0 Å². The number of benzene rings is 1. The second kappa shape index (κ2) is 8.56. The zero-order valence-electron chi connectivity index (χ0n) is 16.1. The molecule has 0 aliphatic carbocycles. The van der Waals surface area contributed by atoms with Crippen LogP contribution in [0.25, 0.3) is 0 Å². The SMILES string of the molecule is CC(C)(C(=O)OCC(=O)N1CCN(C(=O)c2cccs2)CC1)c1ccccc1. The van der Waals surface area contributed by atoms with Crippen LogP contribution in [0.15, 0.2) is 47.8 Å². The van der Waals surface area contributed by atoms with Gasteiger partial charge in [-0.2, -0.15) is 0 Å². The second-order valence-corrected chi connectivity index (χ2v) is 8.17. The summed E-state index contributed by atoms with van der Waals surface area (Å²) in [6.45, 7) is 5.12. The molecule has 0 radical (unpaired) electrons. The van der Waals surface area contributed by atoms with E-state index in [4.69, 9.17) is 4.74 Å². The van der Waals surface area contributed by atoms with Crippen LogP contribution >= 0.6 is 11.3 Å². The Morgan fingerprint density at radius 1 is 0.964 bits per heavy atom. The van der Waals surface area contributed by atoms with E-state index < -0.39 is 11.4 Å². The summed E-state index contributed by atoms with van der Waals surface area (Å²) in [6.07, 6.45) is 0. The minimum atomic E-state index is -0.826. The molecule has 0 N–H and O–H groups in total. The average Bonchev–Trinajstić information content (AvgIpc) is 3.26. The predicted octanol–water partition coefficient (Wildman–Crippen LogP) is 2.55. The third-order valence-electron chi connectivity index (χ3n) is 4.98. The highest BCUT2D eigenvalue weighted by Crippen LogP contribution is 2.24. The molecule has 1 saturated heterocycles. The summed E-state index contributed by atoms with van der Waals surface area (Å²) in [5.74, 6) is -0.669. The molecule has 3 rings (SSSR count). The first-order valence-corrected chi connectivity index (χ1v) is 10.1. The van der Waals surface area contributed by atoms with E-state index in [1.807, 2.05) is 41.8 Å². The molecule has 0 atom stereocenters. The van der Waals surface area contributed by atoms with Gasteiger partial charge in [0.05, 0.1) is 10.3 Å². The van der Waals surface area contributed by atoms with Crippen LogP contribution in [0.3, 0.4) is 0 Å². The van der Waals surface area contributed by atoms with Gasteiger partial charge in [0.25, 0.3) is 11.8 Å². The summed E-state index contributed by atoms with van der Waals surface area (Å²) < 4.78 is 5.30. The van der Waals surface area contributed by atoms with Crippen LogP contribution in [0.2, 0.25) is 0 Å². The van der Waals surface area contributed by atoms with E-state index >= 15 is 0 Å². The van der Waals surface area contributed by atoms with Crippen LogP contribution in [0.4, 0.5) is 0 Å². The lowest BCUT2D eigenvalue weighted by Gasteiger charge is -2.34. The molecule has 1 aliphatic rings. The summed E-state index contributed by atoms with van der Waals surface area (Å²) in [4.78, 5) is 41.4. The Morgan fingerprint density at radius 2 is 1.61 bits per heavy atom. The van der Waals surface area contributed by atoms with Gasteiger partial charge in [-0.05, 0) is 30.9 Å². The molecule has 0 unspecified atom stereocenters. The van der Waals surface area contributed by atoms with Crippen molar-refractivity contribution in [1.29, 1.82) is 0 Å². The summed E-state index contributed by atoms with van der Waals surface area (Å²) in [7, 11) is 0. The number of ether oxygens (including phenoxy) is 1. The maximum absolute atomic E-state index is 12.5. The molecule has 7 heteroatoms. The number of carbonyl (C=O) groups is 3. The maximum Gasteiger partial charge on any atom is 0.316 e. The van der Waals surface area contributed by atoms with Crippen LogP contribution in [0.5, 0.6) is 0 Å². The number of esters is 1. The number of hydrogen-bond acceptors (Lipinski definition) is 5. The largest absolute Gasteiger partial charge is 0.455 e. The van der Waals surface area contributed by atoms with Gasteiger partial charge >= 0.3 is 5.97 Å². The molecule has 1 aliphatic heterocycles. The van der Waals surface area contributed by atoms with Gasteiger partial charge in [0.1, 0.15) is 0 Å². The highest BCUT2D eigenvalue weighted by Gasteiger charge is 2.32. The smallest absolute Gasteiger partial charge is 0.316 e. The van der Waals surface area contributed by atoms with Crippen molar-refractivity contribution >= 4 is 29.1 Å². The Labute approximate surface area is 168 Å². The minimum absolute atomic E-state index is 0.00172. The first-order valence-electron chi connectivity index (χ1n) is 9.23. The molecule has 1 aromatic carbocycles.